The fourth-order valence-electron chi connectivity index (χ4n) is 0. The summed E-state index contributed by atoms with van der Waals surface area (Å²) in [6.07, 6.45) is 0. The minimum atomic E-state index is 0. The van der Waals surface area contributed by atoms with Crippen molar-refractivity contribution >= 4 is 28.3 Å². The van der Waals surface area contributed by atoms with Crippen LogP contribution in [0.3, 0.4) is 0 Å². The van der Waals surface area contributed by atoms with Crippen molar-refractivity contribution in [3.05, 3.63) is 0 Å². The van der Waals surface area contributed by atoms with Crippen LogP contribution in [0.1, 0.15) is 0 Å². The third kappa shape index (κ3) is 8.82. The third-order valence-electron chi connectivity index (χ3n) is 0. The quantitative estimate of drug-likeness (QED) is 0.420. The van der Waals surface area contributed by atoms with Gasteiger partial charge < -0.3 is 0 Å². The first kappa shape index (κ1) is 30.3. The van der Waals surface area contributed by atoms with E-state index in [4.69, 9.17) is 0 Å². The van der Waals surface area contributed by atoms with Crippen LogP contribution in [0.25, 0.3) is 0 Å². The molecular formula is H7AlCeCuSi. The summed E-state index contributed by atoms with van der Waals surface area (Å²) in [5.74, 6) is 0. The van der Waals surface area contributed by atoms with Gasteiger partial charge in [-0.05, 0) is 11.0 Å². The van der Waals surface area contributed by atoms with Gasteiger partial charge in [-0.25, -0.2) is 0 Å². The van der Waals surface area contributed by atoms with Crippen molar-refractivity contribution in [2.75, 3.05) is 0 Å². The maximum atomic E-state index is 0. The average molecular weight is 266 g/mol. The van der Waals surface area contributed by atoms with Crippen molar-refractivity contribution in [3.63, 3.8) is 0 Å². The Labute approximate surface area is 85.5 Å². The van der Waals surface area contributed by atoms with E-state index in [0.29, 0.717) is 0 Å². The van der Waals surface area contributed by atoms with Crippen LogP contribution in [0.15, 0.2) is 0 Å². The molecule has 0 aliphatic carbocycles. The van der Waals surface area contributed by atoms with Gasteiger partial charge in [0.05, 0.1) is 0 Å². The van der Waals surface area contributed by atoms with E-state index < -0.39 is 0 Å². The van der Waals surface area contributed by atoms with E-state index in [2.05, 4.69) is 0 Å². The first-order valence-electron chi connectivity index (χ1n) is 0. The van der Waals surface area contributed by atoms with E-state index in [-0.39, 0.29) is 87.1 Å². The first-order chi connectivity index (χ1) is 0. The Balaban J connectivity index is 0. The van der Waals surface area contributed by atoms with Gasteiger partial charge in [0.15, 0.2) is 17.4 Å². The molecule has 0 aliphatic heterocycles. The number of hydrogen-bond donors (Lipinski definition) is 0. The Morgan fingerprint density at radius 1 is 1.00 bits per heavy atom. The second-order valence-electron chi connectivity index (χ2n) is 0. The Kier molecular flexibility index (Phi) is 132. The van der Waals surface area contributed by atoms with Crippen molar-refractivity contribution in [1.29, 1.82) is 0 Å². The predicted molar refractivity (Wildman–Crippen MR) is 21.3 cm³/mol. The summed E-state index contributed by atoms with van der Waals surface area (Å²) in [7, 11) is 0. The molecule has 0 unspecified atom stereocenters. The van der Waals surface area contributed by atoms with Gasteiger partial charge in [0.2, 0.25) is 0 Å². The Morgan fingerprint density at radius 2 is 1.00 bits per heavy atom. The van der Waals surface area contributed by atoms with Gasteiger partial charge in [-0.15, -0.1) is 0 Å². The molecule has 0 bridgehead atoms. The average Bonchev–Trinajstić information content (AvgIpc) is 0. The normalized spacial score (nSPS) is 0. The van der Waals surface area contributed by atoms with Gasteiger partial charge in [-0.2, -0.15) is 0 Å². The molecule has 0 aromatic rings. The summed E-state index contributed by atoms with van der Waals surface area (Å²) in [6.45, 7) is 0. The maximum Gasteiger partial charge on any atom is 0.187 e. The van der Waals surface area contributed by atoms with E-state index in [1.807, 2.05) is 0 Å². The number of rotatable bonds is 0. The van der Waals surface area contributed by atoms with Crippen LogP contribution in [0, 0.1) is 41.7 Å². The monoisotopic (exact) mass is 265 g/mol. The second-order valence-corrected chi connectivity index (χ2v) is 0. The van der Waals surface area contributed by atoms with Crippen molar-refractivity contribution in [2.24, 2.45) is 0 Å². The summed E-state index contributed by atoms with van der Waals surface area (Å²) in [6, 6.07) is 0. The fraction of sp³-hybridized carbons (Fsp3) is 0. The van der Waals surface area contributed by atoms with E-state index in [0.717, 1.165) is 0 Å². The molecule has 1 radical (unpaired) electrons. The van der Waals surface area contributed by atoms with Gasteiger partial charge in [0, 0.05) is 58.8 Å². The molecule has 0 aromatic heterocycles. The van der Waals surface area contributed by atoms with Gasteiger partial charge in [0.25, 0.3) is 0 Å². The molecule has 0 heterocycles. The van der Waals surface area contributed by atoms with Crippen LogP contribution >= 0.6 is 0 Å². The Morgan fingerprint density at radius 3 is 1.00 bits per heavy atom. The van der Waals surface area contributed by atoms with Crippen molar-refractivity contribution in [3.8, 4) is 0 Å². The van der Waals surface area contributed by atoms with Gasteiger partial charge in [-0.1, -0.05) is 0 Å². The third-order valence-corrected chi connectivity index (χ3v) is 0. The molecule has 0 saturated carbocycles. The van der Waals surface area contributed by atoms with E-state index in [1.54, 1.807) is 0 Å². The molecule has 4 heavy (non-hydrogen) atoms. The fourth-order valence-corrected chi connectivity index (χ4v) is 0. The summed E-state index contributed by atoms with van der Waals surface area (Å²) in [5, 5.41) is 0. The van der Waals surface area contributed by atoms with Crippen LogP contribution in [0.5, 0.6) is 0 Å². The first-order valence-corrected chi connectivity index (χ1v) is 0. The summed E-state index contributed by atoms with van der Waals surface area (Å²) in [5.41, 5.74) is 0. The predicted octanol–water partition coefficient (Wildman–Crippen LogP) is -2.64. The molecule has 0 fully saturated rings. The Hall–Kier alpha value is 2.65. The zero-order valence-corrected chi connectivity index (χ0v) is 4.88. The minimum absolute atomic E-state index is 0. The molecule has 0 nitrogen and oxygen atoms in total. The molecule has 0 amide bonds. The van der Waals surface area contributed by atoms with E-state index >= 15 is 0 Å². The SMILES string of the molecule is [AlH3].[Ce].[Cu].[SiH4]. The smallest absolute Gasteiger partial charge is 0.0149 e. The molecule has 0 aliphatic rings. The molecule has 0 atom stereocenters. The molecule has 0 rings (SSSR count). The molecule has 0 N–H and O–H groups in total. The molecular weight excluding hydrogens is 259 g/mol. The Bertz CT molecular complexity index is 8.00. The van der Waals surface area contributed by atoms with Crippen molar-refractivity contribution < 1.29 is 58.8 Å². The van der Waals surface area contributed by atoms with Crippen molar-refractivity contribution in [1.82, 2.24) is 0 Å². The largest absolute Gasteiger partial charge is 0.187 e. The molecule has 4 heteroatoms. The van der Waals surface area contributed by atoms with E-state index in [1.165, 1.54) is 0 Å². The van der Waals surface area contributed by atoms with Gasteiger partial charge in [0.1, 0.15) is 0 Å². The van der Waals surface area contributed by atoms with Gasteiger partial charge >= 0.3 is 0 Å². The topological polar surface area (TPSA) is 0 Å². The van der Waals surface area contributed by atoms with Gasteiger partial charge in [-0.3, -0.25) is 0 Å². The summed E-state index contributed by atoms with van der Waals surface area (Å²) < 4.78 is 0. The summed E-state index contributed by atoms with van der Waals surface area (Å²) >= 11 is 0. The van der Waals surface area contributed by atoms with Crippen LogP contribution < -0.4 is 0 Å². The van der Waals surface area contributed by atoms with Crippen LogP contribution in [0.4, 0.5) is 0 Å². The van der Waals surface area contributed by atoms with Crippen LogP contribution in [-0.2, 0) is 17.1 Å². The molecule has 29 valence electrons. The summed E-state index contributed by atoms with van der Waals surface area (Å²) in [4.78, 5) is 0. The maximum absolute atomic E-state index is 0. The molecule has 0 aromatic carbocycles. The second kappa shape index (κ2) is 17.4. The van der Waals surface area contributed by atoms with Crippen molar-refractivity contribution in [2.45, 2.75) is 0 Å². The van der Waals surface area contributed by atoms with Crippen LogP contribution in [-0.4, -0.2) is 28.3 Å². The van der Waals surface area contributed by atoms with E-state index in [9.17, 15) is 0 Å². The standard InChI is InChI=1S/Al.Ce.Cu.H4Si.3H/h;;;1H4;;;. The number of hydrogen-bond acceptors (Lipinski definition) is 0. The molecule has 0 spiro atoms. The minimum Gasteiger partial charge on any atom is -0.0149 e. The zero-order valence-electron chi connectivity index (χ0n) is 0.802. The van der Waals surface area contributed by atoms with Crippen LogP contribution in [0.2, 0.25) is 0 Å². The molecule has 0 saturated heterocycles. The zero-order chi connectivity index (χ0) is 0.